The Kier molecular flexibility index (Phi) is 3.82. The molecule has 1 aliphatic rings. The Morgan fingerprint density at radius 1 is 1.33 bits per heavy atom. The largest absolute Gasteiger partial charge is 0.465 e. The zero-order valence-corrected chi connectivity index (χ0v) is 10.7. The molecular weight excluding hydrogens is 226 g/mol. The van der Waals surface area contributed by atoms with Crippen LogP contribution in [-0.4, -0.2) is 24.5 Å². The van der Waals surface area contributed by atoms with Crippen LogP contribution in [0, 0.1) is 0 Å². The number of ether oxygens (including phenoxy) is 1. The molecule has 0 amide bonds. The first-order chi connectivity index (χ1) is 8.72. The average Bonchev–Trinajstić information content (AvgIpc) is 2.46. The molecule has 18 heavy (non-hydrogen) atoms. The Morgan fingerprint density at radius 3 is 2.72 bits per heavy atom. The lowest BCUT2D eigenvalue weighted by Crippen LogP contribution is -2.25. The van der Waals surface area contributed by atoms with Crippen molar-refractivity contribution in [1.82, 2.24) is 4.90 Å². The third-order valence-corrected chi connectivity index (χ3v) is 3.12. The highest BCUT2D eigenvalue weighted by Gasteiger charge is 2.17. The smallest absolute Gasteiger partial charge is 0.339 e. The number of hydrogen-bond donors (Lipinski definition) is 0. The molecule has 0 bridgehead atoms. The number of carbonyl (C=O) groups excluding carboxylic acids is 1. The van der Waals surface area contributed by atoms with Gasteiger partial charge in [0, 0.05) is 12.7 Å². The summed E-state index contributed by atoms with van der Waals surface area (Å²) in [4.78, 5) is 13.6. The molecule has 0 N–H and O–H groups in total. The van der Waals surface area contributed by atoms with Gasteiger partial charge < -0.3 is 9.64 Å². The number of methoxy groups -OCH3 is 1. The van der Waals surface area contributed by atoms with Gasteiger partial charge >= 0.3 is 5.97 Å². The quantitative estimate of drug-likeness (QED) is 0.764. The normalized spacial score (nSPS) is 16.1. The first-order valence-electron chi connectivity index (χ1n) is 5.99. The fourth-order valence-electron chi connectivity index (χ4n) is 2.01. The van der Waals surface area contributed by atoms with Gasteiger partial charge in [-0.05, 0) is 18.6 Å². The molecule has 1 aromatic carbocycles. The molecule has 3 heteroatoms. The molecule has 0 aromatic heterocycles. The van der Waals surface area contributed by atoms with Crippen molar-refractivity contribution in [1.29, 1.82) is 0 Å². The number of esters is 1. The minimum atomic E-state index is -0.295. The topological polar surface area (TPSA) is 29.5 Å². The molecule has 0 radical (unpaired) electrons. The molecule has 1 unspecified atom stereocenters. The van der Waals surface area contributed by atoms with Crippen LogP contribution in [0.1, 0.15) is 18.5 Å². The number of benzene rings is 1. The highest BCUT2D eigenvalue weighted by atomic mass is 16.5. The van der Waals surface area contributed by atoms with Crippen LogP contribution in [0.4, 0.5) is 0 Å². The predicted molar refractivity (Wildman–Crippen MR) is 70.8 cm³/mol. The van der Waals surface area contributed by atoms with Gasteiger partial charge in [-0.25, -0.2) is 4.79 Å². The number of hydrogen-bond acceptors (Lipinski definition) is 3. The van der Waals surface area contributed by atoms with Gasteiger partial charge in [-0.15, -0.1) is 0 Å². The van der Waals surface area contributed by atoms with Gasteiger partial charge in [0.1, 0.15) is 0 Å². The second kappa shape index (κ2) is 5.54. The zero-order valence-electron chi connectivity index (χ0n) is 10.7. The van der Waals surface area contributed by atoms with E-state index in [0.717, 1.165) is 6.54 Å². The van der Waals surface area contributed by atoms with Gasteiger partial charge in [0.05, 0.1) is 18.7 Å². The van der Waals surface area contributed by atoms with E-state index in [4.69, 9.17) is 4.74 Å². The molecule has 0 fully saturated rings. The number of nitrogens with zero attached hydrogens (tertiary/aromatic N) is 1. The highest BCUT2D eigenvalue weighted by Crippen LogP contribution is 2.23. The summed E-state index contributed by atoms with van der Waals surface area (Å²) in [5.41, 5.74) is 1.82. The fraction of sp³-hybridized carbons (Fsp3) is 0.267. The third kappa shape index (κ3) is 2.62. The lowest BCUT2D eigenvalue weighted by molar-refractivity contribution is -0.135. The molecule has 0 spiro atoms. The van der Waals surface area contributed by atoms with Crippen LogP contribution in [0.2, 0.25) is 0 Å². The predicted octanol–water partition coefficient (Wildman–Crippen LogP) is 2.68. The second-order valence-corrected chi connectivity index (χ2v) is 4.26. The van der Waals surface area contributed by atoms with Crippen molar-refractivity contribution in [3.8, 4) is 0 Å². The molecule has 1 aromatic rings. The van der Waals surface area contributed by atoms with E-state index in [2.05, 4.69) is 24.0 Å². The third-order valence-electron chi connectivity index (χ3n) is 3.12. The SMILES string of the molecule is COC(=O)C1=CN(C(C)c2ccccc2)CC=C1. The summed E-state index contributed by atoms with van der Waals surface area (Å²) in [6, 6.07) is 10.5. The maximum absolute atomic E-state index is 11.5. The van der Waals surface area contributed by atoms with Crippen molar-refractivity contribution in [2.75, 3.05) is 13.7 Å². The average molecular weight is 243 g/mol. The lowest BCUT2D eigenvalue weighted by Gasteiger charge is -2.29. The molecule has 1 aliphatic heterocycles. The van der Waals surface area contributed by atoms with E-state index in [1.54, 1.807) is 6.08 Å². The second-order valence-electron chi connectivity index (χ2n) is 4.26. The maximum atomic E-state index is 11.5. The van der Waals surface area contributed by atoms with E-state index in [1.165, 1.54) is 12.7 Å². The molecule has 0 aliphatic carbocycles. The molecule has 94 valence electrons. The molecule has 0 saturated carbocycles. The van der Waals surface area contributed by atoms with Gasteiger partial charge in [0.2, 0.25) is 0 Å². The first-order valence-corrected chi connectivity index (χ1v) is 5.99. The Hall–Kier alpha value is -2.03. The Labute approximate surface area is 107 Å². The first kappa shape index (κ1) is 12.4. The van der Waals surface area contributed by atoms with Crippen LogP contribution in [-0.2, 0) is 9.53 Å². The highest BCUT2D eigenvalue weighted by molar-refractivity contribution is 5.91. The summed E-state index contributed by atoms with van der Waals surface area (Å²) in [6.45, 7) is 2.93. The lowest BCUT2D eigenvalue weighted by atomic mass is 10.1. The van der Waals surface area contributed by atoms with Crippen molar-refractivity contribution in [2.45, 2.75) is 13.0 Å². The molecule has 0 saturated heterocycles. The zero-order chi connectivity index (χ0) is 13.0. The van der Waals surface area contributed by atoms with E-state index in [0.29, 0.717) is 5.57 Å². The number of rotatable bonds is 3. The van der Waals surface area contributed by atoms with Crippen molar-refractivity contribution < 1.29 is 9.53 Å². The molecule has 3 nitrogen and oxygen atoms in total. The summed E-state index contributed by atoms with van der Waals surface area (Å²) >= 11 is 0. The summed E-state index contributed by atoms with van der Waals surface area (Å²) in [5, 5.41) is 0. The standard InChI is InChI=1S/C15H17NO2/c1-12(13-7-4-3-5-8-13)16-10-6-9-14(11-16)15(17)18-2/h3-9,11-12H,10H2,1-2H3. The van der Waals surface area contributed by atoms with Crippen molar-refractivity contribution >= 4 is 5.97 Å². The van der Waals surface area contributed by atoms with Crippen LogP contribution in [0.5, 0.6) is 0 Å². The van der Waals surface area contributed by atoms with Gasteiger partial charge in [-0.1, -0.05) is 36.4 Å². The van der Waals surface area contributed by atoms with Crippen LogP contribution < -0.4 is 0 Å². The van der Waals surface area contributed by atoms with E-state index < -0.39 is 0 Å². The Morgan fingerprint density at radius 2 is 2.06 bits per heavy atom. The van der Waals surface area contributed by atoms with E-state index in [1.807, 2.05) is 30.5 Å². The summed E-state index contributed by atoms with van der Waals surface area (Å²) in [5.74, 6) is -0.295. The van der Waals surface area contributed by atoms with Crippen molar-refractivity contribution in [3.05, 3.63) is 59.8 Å². The Balaban J connectivity index is 2.17. The van der Waals surface area contributed by atoms with Crippen LogP contribution in [0.25, 0.3) is 0 Å². The van der Waals surface area contributed by atoms with Crippen LogP contribution >= 0.6 is 0 Å². The monoisotopic (exact) mass is 243 g/mol. The summed E-state index contributed by atoms with van der Waals surface area (Å²) in [6.07, 6.45) is 5.65. The summed E-state index contributed by atoms with van der Waals surface area (Å²) < 4.78 is 4.74. The molecule has 1 atom stereocenters. The minimum absolute atomic E-state index is 0.232. The van der Waals surface area contributed by atoms with E-state index >= 15 is 0 Å². The van der Waals surface area contributed by atoms with E-state index in [9.17, 15) is 4.79 Å². The van der Waals surface area contributed by atoms with Gasteiger partial charge in [-0.3, -0.25) is 0 Å². The van der Waals surface area contributed by atoms with E-state index in [-0.39, 0.29) is 12.0 Å². The fourth-order valence-corrected chi connectivity index (χ4v) is 2.01. The van der Waals surface area contributed by atoms with Gasteiger partial charge in [-0.2, -0.15) is 0 Å². The molecular formula is C15H17NO2. The van der Waals surface area contributed by atoms with Gasteiger partial charge in [0.25, 0.3) is 0 Å². The van der Waals surface area contributed by atoms with Crippen LogP contribution in [0.15, 0.2) is 54.3 Å². The number of carbonyl (C=O) groups is 1. The maximum Gasteiger partial charge on any atom is 0.339 e. The van der Waals surface area contributed by atoms with Crippen molar-refractivity contribution in [2.24, 2.45) is 0 Å². The minimum Gasteiger partial charge on any atom is -0.465 e. The van der Waals surface area contributed by atoms with Crippen molar-refractivity contribution in [3.63, 3.8) is 0 Å². The summed E-state index contributed by atoms with van der Waals surface area (Å²) in [7, 11) is 1.40. The van der Waals surface area contributed by atoms with Crippen LogP contribution in [0.3, 0.4) is 0 Å². The Bertz CT molecular complexity index is 477. The van der Waals surface area contributed by atoms with Gasteiger partial charge in [0.15, 0.2) is 0 Å². The molecule has 2 rings (SSSR count). The molecule has 1 heterocycles.